The van der Waals surface area contributed by atoms with Gasteiger partial charge in [-0.15, -0.1) is 0 Å². The molecule has 0 spiro atoms. The Morgan fingerprint density at radius 3 is 2.31 bits per heavy atom. The Bertz CT molecular complexity index is 464. The Balaban J connectivity index is 2.93. The summed E-state index contributed by atoms with van der Waals surface area (Å²) >= 11 is 0. The molecule has 0 aliphatic rings. The van der Waals surface area contributed by atoms with Gasteiger partial charge in [-0.3, -0.25) is 0 Å². The van der Waals surface area contributed by atoms with Crippen LogP contribution in [0.1, 0.15) is 23.7 Å². The van der Waals surface area contributed by atoms with E-state index in [-0.39, 0.29) is 10.5 Å². The van der Waals surface area contributed by atoms with Crippen LogP contribution in [0, 0.1) is 0 Å². The van der Waals surface area contributed by atoms with Crippen molar-refractivity contribution in [2.24, 2.45) is 0 Å². The lowest BCUT2D eigenvalue weighted by molar-refractivity contribution is 0.0697. The second-order valence-electron chi connectivity index (χ2n) is 3.23. The molecular formula is C10H13NO4S. The molecule has 0 bridgehead atoms. The van der Waals surface area contributed by atoms with Crippen LogP contribution in [0.2, 0.25) is 0 Å². The van der Waals surface area contributed by atoms with Gasteiger partial charge in [0.2, 0.25) is 10.0 Å². The van der Waals surface area contributed by atoms with E-state index in [1.807, 2.05) is 6.92 Å². The van der Waals surface area contributed by atoms with E-state index in [1.165, 1.54) is 24.3 Å². The van der Waals surface area contributed by atoms with Gasteiger partial charge in [-0.2, -0.15) is 0 Å². The first-order chi connectivity index (χ1) is 7.47. The summed E-state index contributed by atoms with van der Waals surface area (Å²) in [6, 6.07) is 5.09. The van der Waals surface area contributed by atoms with Gasteiger partial charge in [0.1, 0.15) is 0 Å². The average molecular weight is 243 g/mol. The molecule has 0 fully saturated rings. The Morgan fingerprint density at radius 2 is 1.88 bits per heavy atom. The summed E-state index contributed by atoms with van der Waals surface area (Å²) in [6.07, 6.45) is 0.701. The predicted octanol–water partition coefficient (Wildman–Crippen LogP) is 1.07. The minimum Gasteiger partial charge on any atom is -0.478 e. The van der Waals surface area contributed by atoms with Gasteiger partial charge < -0.3 is 5.11 Å². The van der Waals surface area contributed by atoms with E-state index in [4.69, 9.17) is 5.11 Å². The number of benzene rings is 1. The third kappa shape index (κ3) is 3.04. The molecule has 0 amide bonds. The Labute approximate surface area is 94.2 Å². The summed E-state index contributed by atoms with van der Waals surface area (Å²) in [5.74, 6) is -1.08. The lowest BCUT2D eigenvalue weighted by Crippen LogP contribution is -2.24. The Morgan fingerprint density at radius 1 is 1.31 bits per heavy atom. The number of hydrogen-bond donors (Lipinski definition) is 2. The number of nitrogens with one attached hydrogen (secondary N) is 1. The van der Waals surface area contributed by atoms with E-state index < -0.39 is 16.0 Å². The van der Waals surface area contributed by atoms with Crippen molar-refractivity contribution < 1.29 is 18.3 Å². The number of carboxylic acids is 1. The molecule has 0 unspecified atom stereocenters. The third-order valence-electron chi connectivity index (χ3n) is 1.95. The molecule has 0 heterocycles. The number of aromatic carboxylic acids is 1. The summed E-state index contributed by atoms with van der Waals surface area (Å²) in [5, 5.41) is 8.65. The second kappa shape index (κ2) is 5.09. The van der Waals surface area contributed by atoms with Gasteiger partial charge in [-0.05, 0) is 30.7 Å². The van der Waals surface area contributed by atoms with E-state index in [2.05, 4.69) is 4.72 Å². The molecule has 0 radical (unpaired) electrons. The molecule has 0 saturated carbocycles. The van der Waals surface area contributed by atoms with Crippen LogP contribution < -0.4 is 4.72 Å². The summed E-state index contributed by atoms with van der Waals surface area (Å²) in [5.41, 5.74) is 0.0643. The van der Waals surface area contributed by atoms with Crippen molar-refractivity contribution in [1.29, 1.82) is 0 Å². The zero-order chi connectivity index (χ0) is 12.2. The largest absolute Gasteiger partial charge is 0.478 e. The molecule has 16 heavy (non-hydrogen) atoms. The normalized spacial score (nSPS) is 11.3. The first kappa shape index (κ1) is 12.7. The average Bonchev–Trinajstić information content (AvgIpc) is 2.26. The summed E-state index contributed by atoms with van der Waals surface area (Å²) in [7, 11) is -3.51. The molecule has 6 heteroatoms. The minimum absolute atomic E-state index is 0.0643. The second-order valence-corrected chi connectivity index (χ2v) is 4.99. The highest BCUT2D eigenvalue weighted by atomic mass is 32.2. The zero-order valence-electron chi connectivity index (χ0n) is 8.80. The topological polar surface area (TPSA) is 83.5 Å². The molecule has 0 aliphatic heterocycles. The Kier molecular flexibility index (Phi) is 4.03. The first-order valence-corrected chi connectivity index (χ1v) is 6.28. The minimum atomic E-state index is -3.51. The van der Waals surface area contributed by atoms with Crippen LogP contribution in [0.15, 0.2) is 29.2 Å². The van der Waals surface area contributed by atoms with E-state index in [1.54, 1.807) is 0 Å². The SMILES string of the molecule is CCCNS(=O)(=O)c1ccc(C(=O)O)cc1. The highest BCUT2D eigenvalue weighted by Crippen LogP contribution is 2.10. The maximum atomic E-state index is 11.6. The number of hydrogen-bond acceptors (Lipinski definition) is 3. The fraction of sp³-hybridized carbons (Fsp3) is 0.300. The number of carbonyl (C=O) groups is 1. The van der Waals surface area contributed by atoms with Crippen LogP contribution in [0.4, 0.5) is 0 Å². The standard InChI is InChI=1S/C10H13NO4S/c1-2-7-11-16(14,15)9-5-3-8(4-6-9)10(12)13/h3-6,11H,2,7H2,1H3,(H,12,13). The van der Waals surface area contributed by atoms with Gasteiger partial charge in [0, 0.05) is 6.54 Å². The summed E-state index contributed by atoms with van der Waals surface area (Å²) in [4.78, 5) is 10.6. The molecule has 1 rings (SSSR count). The van der Waals surface area contributed by atoms with Crippen LogP contribution in [-0.2, 0) is 10.0 Å². The molecular weight excluding hydrogens is 230 g/mol. The highest BCUT2D eigenvalue weighted by Gasteiger charge is 2.13. The van der Waals surface area contributed by atoms with Crippen LogP contribution >= 0.6 is 0 Å². The molecule has 0 saturated heterocycles. The maximum absolute atomic E-state index is 11.6. The number of sulfonamides is 1. The van der Waals surface area contributed by atoms with Gasteiger partial charge in [-0.25, -0.2) is 17.9 Å². The maximum Gasteiger partial charge on any atom is 0.335 e. The highest BCUT2D eigenvalue weighted by molar-refractivity contribution is 7.89. The Hall–Kier alpha value is -1.40. The number of carboxylic acid groups (broad SMARTS) is 1. The molecule has 1 aromatic rings. The third-order valence-corrected chi connectivity index (χ3v) is 3.43. The lowest BCUT2D eigenvalue weighted by Gasteiger charge is -2.05. The van der Waals surface area contributed by atoms with Crippen molar-refractivity contribution in [3.8, 4) is 0 Å². The molecule has 88 valence electrons. The fourth-order valence-corrected chi connectivity index (χ4v) is 2.23. The van der Waals surface area contributed by atoms with Crippen LogP contribution in [-0.4, -0.2) is 26.0 Å². The summed E-state index contributed by atoms with van der Waals surface area (Å²) < 4.78 is 25.6. The van der Waals surface area contributed by atoms with E-state index in [0.29, 0.717) is 13.0 Å². The molecule has 5 nitrogen and oxygen atoms in total. The molecule has 1 aromatic carbocycles. The molecule has 0 aromatic heterocycles. The predicted molar refractivity (Wildman–Crippen MR) is 58.9 cm³/mol. The summed E-state index contributed by atoms with van der Waals surface area (Å²) in [6.45, 7) is 2.22. The first-order valence-electron chi connectivity index (χ1n) is 4.80. The van der Waals surface area contributed by atoms with Crippen LogP contribution in [0.3, 0.4) is 0 Å². The van der Waals surface area contributed by atoms with Crippen molar-refractivity contribution in [2.75, 3.05) is 6.54 Å². The van der Waals surface area contributed by atoms with Crippen molar-refractivity contribution in [1.82, 2.24) is 4.72 Å². The monoisotopic (exact) mass is 243 g/mol. The van der Waals surface area contributed by atoms with Crippen LogP contribution in [0.25, 0.3) is 0 Å². The van der Waals surface area contributed by atoms with Gasteiger partial charge >= 0.3 is 5.97 Å². The molecule has 0 aliphatic carbocycles. The number of rotatable bonds is 5. The van der Waals surface area contributed by atoms with Gasteiger partial charge in [0.15, 0.2) is 0 Å². The zero-order valence-corrected chi connectivity index (χ0v) is 9.62. The van der Waals surface area contributed by atoms with Gasteiger partial charge in [0.05, 0.1) is 10.5 Å². The van der Waals surface area contributed by atoms with Crippen molar-refractivity contribution in [3.63, 3.8) is 0 Å². The fourth-order valence-electron chi connectivity index (χ4n) is 1.10. The van der Waals surface area contributed by atoms with Crippen molar-refractivity contribution in [3.05, 3.63) is 29.8 Å². The van der Waals surface area contributed by atoms with Crippen molar-refractivity contribution >= 4 is 16.0 Å². The van der Waals surface area contributed by atoms with Gasteiger partial charge in [-0.1, -0.05) is 6.92 Å². The van der Waals surface area contributed by atoms with E-state index in [9.17, 15) is 13.2 Å². The smallest absolute Gasteiger partial charge is 0.335 e. The molecule has 0 atom stereocenters. The quantitative estimate of drug-likeness (QED) is 0.810. The molecule has 2 N–H and O–H groups in total. The lowest BCUT2D eigenvalue weighted by atomic mass is 10.2. The van der Waals surface area contributed by atoms with Crippen molar-refractivity contribution in [2.45, 2.75) is 18.2 Å². The van der Waals surface area contributed by atoms with E-state index >= 15 is 0 Å². The van der Waals surface area contributed by atoms with Gasteiger partial charge in [0.25, 0.3) is 0 Å². The van der Waals surface area contributed by atoms with E-state index in [0.717, 1.165) is 0 Å². The van der Waals surface area contributed by atoms with Crippen LogP contribution in [0.5, 0.6) is 0 Å².